The number of alkyl halides is 2. The maximum atomic E-state index is 12.4. The fourth-order valence-corrected chi connectivity index (χ4v) is 2.48. The number of esters is 1. The topological polar surface area (TPSA) is 78.9 Å². The number of halogens is 3. The number of benzene rings is 1. The second-order valence-corrected chi connectivity index (χ2v) is 5.57. The minimum Gasteiger partial charge on any atom is -0.493 e. The third-order valence-corrected chi connectivity index (χ3v) is 3.59. The first kappa shape index (κ1) is 19.6. The Labute approximate surface area is 152 Å². The van der Waals surface area contributed by atoms with E-state index in [4.69, 9.17) is 21.1 Å². The summed E-state index contributed by atoms with van der Waals surface area (Å²) in [5.41, 5.74) is 0.310. The molecule has 1 atom stereocenters. The standard InChI is InChI=1S/C17H13ClF2O6/c1-8-5-12(22)14(16(23)25-8)11(21)4-3-9-6-10(18)15(26-17(19)20)13(7-9)24-2/h3-7,14,17H,1-2H3/b4-3+. The quantitative estimate of drug-likeness (QED) is 0.424. The van der Waals surface area contributed by atoms with Crippen LogP contribution >= 0.6 is 11.6 Å². The summed E-state index contributed by atoms with van der Waals surface area (Å²) >= 11 is 5.89. The van der Waals surface area contributed by atoms with Crippen molar-refractivity contribution in [2.45, 2.75) is 13.5 Å². The van der Waals surface area contributed by atoms with Crippen LogP contribution in [0.4, 0.5) is 8.78 Å². The number of ketones is 2. The number of cyclic esters (lactones) is 1. The van der Waals surface area contributed by atoms with Gasteiger partial charge in [0.15, 0.2) is 29.0 Å². The van der Waals surface area contributed by atoms with Gasteiger partial charge in [-0.15, -0.1) is 0 Å². The number of hydrogen-bond donors (Lipinski definition) is 0. The third-order valence-electron chi connectivity index (χ3n) is 3.31. The van der Waals surface area contributed by atoms with Crippen molar-refractivity contribution in [1.29, 1.82) is 0 Å². The van der Waals surface area contributed by atoms with Crippen LogP contribution in [0, 0.1) is 5.92 Å². The SMILES string of the molecule is COc1cc(/C=C/C(=O)C2C(=O)C=C(C)OC2=O)cc(Cl)c1OC(F)F. The summed E-state index contributed by atoms with van der Waals surface area (Å²) in [6.07, 6.45) is 3.32. The van der Waals surface area contributed by atoms with Gasteiger partial charge in [0.05, 0.1) is 12.1 Å². The number of ether oxygens (including phenoxy) is 3. The Kier molecular flexibility index (Phi) is 6.10. The first-order valence-electron chi connectivity index (χ1n) is 7.21. The molecule has 0 radical (unpaired) electrons. The highest BCUT2D eigenvalue weighted by Gasteiger charge is 2.36. The lowest BCUT2D eigenvalue weighted by molar-refractivity contribution is -0.151. The molecule has 0 amide bonds. The van der Waals surface area contributed by atoms with Crippen LogP contribution in [0.5, 0.6) is 11.5 Å². The van der Waals surface area contributed by atoms with E-state index < -0.39 is 30.1 Å². The summed E-state index contributed by atoms with van der Waals surface area (Å²) in [6.45, 7) is -1.67. The Morgan fingerprint density at radius 1 is 1.35 bits per heavy atom. The molecule has 0 bridgehead atoms. The largest absolute Gasteiger partial charge is 0.493 e. The van der Waals surface area contributed by atoms with Crippen molar-refractivity contribution in [2.75, 3.05) is 7.11 Å². The average molecular weight is 387 g/mol. The van der Waals surface area contributed by atoms with Crippen molar-refractivity contribution < 1.29 is 37.4 Å². The van der Waals surface area contributed by atoms with Gasteiger partial charge in [-0.1, -0.05) is 17.7 Å². The highest BCUT2D eigenvalue weighted by atomic mass is 35.5. The molecule has 0 aromatic heterocycles. The van der Waals surface area contributed by atoms with Crippen LogP contribution in [0.25, 0.3) is 6.08 Å². The molecule has 1 aliphatic rings. The first-order valence-corrected chi connectivity index (χ1v) is 7.58. The summed E-state index contributed by atoms with van der Waals surface area (Å²) in [6, 6.07) is 2.56. The molecule has 138 valence electrons. The van der Waals surface area contributed by atoms with Gasteiger partial charge in [-0.3, -0.25) is 14.4 Å². The molecule has 1 aromatic rings. The van der Waals surface area contributed by atoms with Gasteiger partial charge in [-0.25, -0.2) is 0 Å². The van der Waals surface area contributed by atoms with E-state index in [0.717, 1.165) is 12.2 Å². The molecule has 1 aliphatic heterocycles. The van der Waals surface area contributed by atoms with Crippen molar-refractivity contribution in [3.05, 3.63) is 40.6 Å². The zero-order valence-corrected chi connectivity index (χ0v) is 14.4. The Morgan fingerprint density at radius 3 is 2.62 bits per heavy atom. The van der Waals surface area contributed by atoms with Crippen molar-refractivity contribution >= 4 is 35.2 Å². The molecular formula is C17H13ClF2O6. The molecule has 0 fully saturated rings. The van der Waals surface area contributed by atoms with E-state index in [1.165, 1.54) is 32.2 Å². The minimum atomic E-state index is -3.09. The fourth-order valence-electron chi connectivity index (χ4n) is 2.22. The Morgan fingerprint density at radius 2 is 2.04 bits per heavy atom. The highest BCUT2D eigenvalue weighted by molar-refractivity contribution is 6.32. The number of carbonyl (C=O) groups excluding carboxylic acids is 3. The number of carbonyl (C=O) groups is 3. The van der Waals surface area contributed by atoms with E-state index in [1.54, 1.807) is 0 Å². The molecule has 0 N–H and O–H groups in total. The lowest BCUT2D eigenvalue weighted by Crippen LogP contribution is -2.34. The lowest BCUT2D eigenvalue weighted by Gasteiger charge is -2.15. The average Bonchev–Trinajstić information content (AvgIpc) is 2.53. The normalized spacial score (nSPS) is 17.3. The maximum absolute atomic E-state index is 12.4. The maximum Gasteiger partial charge on any atom is 0.387 e. The smallest absolute Gasteiger partial charge is 0.387 e. The molecule has 0 saturated carbocycles. The summed E-state index contributed by atoms with van der Waals surface area (Å²) in [4.78, 5) is 35.6. The Balaban J connectivity index is 2.25. The van der Waals surface area contributed by atoms with E-state index >= 15 is 0 Å². The molecule has 2 rings (SSSR count). The number of hydrogen-bond acceptors (Lipinski definition) is 6. The number of rotatable bonds is 6. The summed E-state index contributed by atoms with van der Waals surface area (Å²) in [5.74, 6) is -4.30. The van der Waals surface area contributed by atoms with Crippen molar-refractivity contribution in [3.63, 3.8) is 0 Å². The van der Waals surface area contributed by atoms with Crippen LogP contribution in [0.2, 0.25) is 5.02 Å². The highest BCUT2D eigenvalue weighted by Crippen LogP contribution is 2.37. The van der Waals surface area contributed by atoms with Gasteiger partial charge in [-0.05, 0) is 30.7 Å². The zero-order valence-electron chi connectivity index (χ0n) is 13.6. The van der Waals surface area contributed by atoms with Gasteiger partial charge in [0.2, 0.25) is 0 Å². The predicted molar refractivity (Wildman–Crippen MR) is 87.0 cm³/mol. The summed E-state index contributed by atoms with van der Waals surface area (Å²) in [7, 11) is 1.23. The van der Waals surface area contributed by atoms with E-state index in [9.17, 15) is 23.2 Å². The molecule has 1 aromatic carbocycles. The van der Waals surface area contributed by atoms with Crippen molar-refractivity contribution in [2.24, 2.45) is 5.92 Å². The van der Waals surface area contributed by atoms with E-state index in [-0.39, 0.29) is 22.3 Å². The minimum absolute atomic E-state index is 0.0726. The number of methoxy groups -OCH3 is 1. The van der Waals surface area contributed by atoms with E-state index in [0.29, 0.717) is 5.56 Å². The number of allylic oxidation sites excluding steroid dienone is 3. The molecule has 0 spiro atoms. The van der Waals surface area contributed by atoms with Gasteiger partial charge in [0, 0.05) is 6.08 Å². The molecule has 0 saturated heterocycles. The van der Waals surface area contributed by atoms with Crippen LogP contribution in [0.3, 0.4) is 0 Å². The molecule has 0 aliphatic carbocycles. The van der Waals surface area contributed by atoms with Crippen LogP contribution in [0.15, 0.2) is 30.0 Å². The molecule has 1 heterocycles. The molecule has 26 heavy (non-hydrogen) atoms. The fraction of sp³-hybridized carbons (Fsp3) is 0.235. The monoisotopic (exact) mass is 386 g/mol. The van der Waals surface area contributed by atoms with Crippen LogP contribution in [-0.2, 0) is 19.1 Å². The molecule has 6 nitrogen and oxygen atoms in total. The van der Waals surface area contributed by atoms with Crippen LogP contribution in [-0.4, -0.2) is 31.3 Å². The Hall–Kier alpha value is -2.74. The van der Waals surface area contributed by atoms with Crippen LogP contribution in [0.1, 0.15) is 12.5 Å². The van der Waals surface area contributed by atoms with Gasteiger partial charge >= 0.3 is 12.6 Å². The third kappa shape index (κ3) is 4.45. The molecule has 9 heteroatoms. The Bertz CT molecular complexity index is 816. The molecular weight excluding hydrogens is 374 g/mol. The first-order chi connectivity index (χ1) is 12.2. The predicted octanol–water partition coefficient (Wildman–Crippen LogP) is 3.18. The van der Waals surface area contributed by atoms with Gasteiger partial charge in [0.1, 0.15) is 5.76 Å². The zero-order chi connectivity index (χ0) is 19.4. The summed E-state index contributed by atoms with van der Waals surface area (Å²) < 4.78 is 38.8. The second-order valence-electron chi connectivity index (χ2n) is 5.16. The molecule has 1 unspecified atom stereocenters. The van der Waals surface area contributed by atoms with Gasteiger partial charge in [-0.2, -0.15) is 8.78 Å². The van der Waals surface area contributed by atoms with Crippen LogP contribution < -0.4 is 9.47 Å². The van der Waals surface area contributed by atoms with Crippen molar-refractivity contribution in [3.8, 4) is 11.5 Å². The second kappa shape index (κ2) is 8.09. The van der Waals surface area contributed by atoms with Gasteiger partial charge in [0.25, 0.3) is 0 Å². The summed E-state index contributed by atoms with van der Waals surface area (Å²) in [5, 5.41) is -0.163. The van der Waals surface area contributed by atoms with E-state index in [2.05, 4.69) is 4.74 Å². The van der Waals surface area contributed by atoms with Crippen molar-refractivity contribution in [1.82, 2.24) is 0 Å². The van der Waals surface area contributed by atoms with Gasteiger partial charge < -0.3 is 14.2 Å². The van der Waals surface area contributed by atoms with E-state index in [1.807, 2.05) is 0 Å². The lowest BCUT2D eigenvalue weighted by atomic mass is 9.96.